The van der Waals surface area contributed by atoms with Gasteiger partial charge in [-0.05, 0) is 43.2 Å². The lowest BCUT2D eigenvalue weighted by Crippen LogP contribution is -2.57. The third kappa shape index (κ3) is 4.48. The summed E-state index contributed by atoms with van der Waals surface area (Å²) in [6, 6.07) is 15.4. The Hall–Kier alpha value is -3.46. The standard InChI is InChI=1S/C26H29FN4O4/c27-21-6-4-5-20(17-21)24(33)29-11-9-26(10-12-29)25(34)30(18-23(32)28-13-15-35-16-14-28)19-31(26)22-7-2-1-3-8-22/h1-8,17H,9-16,18-19H2. The number of carbonyl (C=O) groups is 3. The van der Waals surface area contributed by atoms with Crippen LogP contribution in [-0.4, -0.2) is 90.6 Å². The van der Waals surface area contributed by atoms with E-state index in [1.807, 2.05) is 30.3 Å². The van der Waals surface area contributed by atoms with Crippen LogP contribution in [0.25, 0.3) is 0 Å². The summed E-state index contributed by atoms with van der Waals surface area (Å²) < 4.78 is 19.0. The number of halogens is 1. The summed E-state index contributed by atoms with van der Waals surface area (Å²) >= 11 is 0. The number of carbonyl (C=O) groups excluding carboxylic acids is 3. The highest BCUT2D eigenvalue weighted by atomic mass is 19.1. The van der Waals surface area contributed by atoms with Crippen LogP contribution < -0.4 is 4.90 Å². The van der Waals surface area contributed by atoms with Gasteiger partial charge in [-0.25, -0.2) is 4.39 Å². The number of para-hydroxylation sites is 1. The van der Waals surface area contributed by atoms with E-state index in [0.29, 0.717) is 64.5 Å². The van der Waals surface area contributed by atoms with Gasteiger partial charge in [-0.1, -0.05) is 24.3 Å². The summed E-state index contributed by atoms with van der Waals surface area (Å²) in [5, 5.41) is 0. The monoisotopic (exact) mass is 480 g/mol. The maximum absolute atomic E-state index is 13.8. The molecule has 0 radical (unpaired) electrons. The summed E-state index contributed by atoms with van der Waals surface area (Å²) in [5.41, 5.74) is 0.383. The van der Waals surface area contributed by atoms with E-state index >= 15 is 0 Å². The summed E-state index contributed by atoms with van der Waals surface area (Å²) in [7, 11) is 0. The van der Waals surface area contributed by atoms with Crippen molar-refractivity contribution in [2.75, 3.05) is 57.5 Å². The van der Waals surface area contributed by atoms with Crippen molar-refractivity contribution in [3.8, 4) is 0 Å². The Balaban J connectivity index is 1.35. The minimum Gasteiger partial charge on any atom is -0.378 e. The summed E-state index contributed by atoms with van der Waals surface area (Å²) in [6.07, 6.45) is 0.869. The Morgan fingerprint density at radius 3 is 2.31 bits per heavy atom. The number of nitrogens with zero attached hydrogens (tertiary/aromatic N) is 4. The van der Waals surface area contributed by atoms with Gasteiger partial charge in [-0.15, -0.1) is 0 Å². The van der Waals surface area contributed by atoms with E-state index in [2.05, 4.69) is 4.90 Å². The van der Waals surface area contributed by atoms with Crippen LogP contribution in [0.5, 0.6) is 0 Å². The molecule has 0 saturated carbocycles. The topological polar surface area (TPSA) is 73.4 Å². The molecule has 35 heavy (non-hydrogen) atoms. The molecule has 0 aliphatic carbocycles. The molecule has 0 unspecified atom stereocenters. The first-order valence-electron chi connectivity index (χ1n) is 12.0. The van der Waals surface area contributed by atoms with Crippen LogP contribution in [-0.2, 0) is 14.3 Å². The molecule has 0 aromatic heterocycles. The maximum Gasteiger partial charge on any atom is 0.253 e. The highest BCUT2D eigenvalue weighted by Crippen LogP contribution is 2.39. The Bertz CT molecular complexity index is 1100. The molecule has 3 aliphatic rings. The third-order valence-corrected chi connectivity index (χ3v) is 7.22. The number of hydrogen-bond acceptors (Lipinski definition) is 5. The second kappa shape index (κ2) is 9.65. The fourth-order valence-electron chi connectivity index (χ4n) is 5.28. The second-order valence-electron chi connectivity index (χ2n) is 9.24. The first kappa shape index (κ1) is 23.3. The first-order valence-corrected chi connectivity index (χ1v) is 12.0. The second-order valence-corrected chi connectivity index (χ2v) is 9.24. The predicted octanol–water partition coefficient (Wildman–Crippen LogP) is 1.97. The number of hydrogen-bond donors (Lipinski definition) is 0. The Morgan fingerprint density at radius 1 is 0.914 bits per heavy atom. The largest absolute Gasteiger partial charge is 0.378 e. The van der Waals surface area contributed by atoms with Gasteiger partial charge in [0.25, 0.3) is 11.8 Å². The van der Waals surface area contributed by atoms with Crippen molar-refractivity contribution in [3.63, 3.8) is 0 Å². The molecule has 0 N–H and O–H groups in total. The molecule has 8 nitrogen and oxygen atoms in total. The molecule has 3 heterocycles. The number of benzene rings is 2. The van der Waals surface area contributed by atoms with E-state index in [1.165, 1.54) is 18.2 Å². The Morgan fingerprint density at radius 2 is 1.63 bits per heavy atom. The summed E-state index contributed by atoms with van der Waals surface area (Å²) in [5.74, 6) is -0.854. The number of likely N-dealkylation sites (tertiary alicyclic amines) is 1. The van der Waals surface area contributed by atoms with E-state index in [0.717, 1.165) is 5.69 Å². The van der Waals surface area contributed by atoms with E-state index < -0.39 is 11.4 Å². The highest BCUT2D eigenvalue weighted by molar-refractivity contribution is 5.97. The molecule has 9 heteroatoms. The van der Waals surface area contributed by atoms with Gasteiger partial charge in [0.1, 0.15) is 17.9 Å². The molecule has 184 valence electrons. The van der Waals surface area contributed by atoms with Gasteiger partial charge in [0.05, 0.1) is 19.9 Å². The average Bonchev–Trinajstić information content (AvgIpc) is 3.16. The Labute approximate surface area is 203 Å². The molecular formula is C26H29FN4O4. The van der Waals surface area contributed by atoms with Crippen LogP contribution in [0, 0.1) is 5.82 Å². The van der Waals surface area contributed by atoms with Crippen molar-refractivity contribution >= 4 is 23.4 Å². The fourth-order valence-corrected chi connectivity index (χ4v) is 5.28. The number of amides is 3. The van der Waals surface area contributed by atoms with Crippen LogP contribution >= 0.6 is 0 Å². The highest BCUT2D eigenvalue weighted by Gasteiger charge is 2.54. The van der Waals surface area contributed by atoms with Crippen molar-refractivity contribution in [2.24, 2.45) is 0 Å². The smallest absolute Gasteiger partial charge is 0.253 e. The Kier molecular flexibility index (Phi) is 6.42. The molecule has 5 rings (SSSR count). The average molecular weight is 481 g/mol. The van der Waals surface area contributed by atoms with Gasteiger partial charge >= 0.3 is 0 Å². The third-order valence-electron chi connectivity index (χ3n) is 7.22. The SMILES string of the molecule is O=C(CN1CN(c2ccccc2)C2(CCN(C(=O)c3cccc(F)c3)CC2)C1=O)N1CCOCC1. The first-order chi connectivity index (χ1) is 17.0. The van der Waals surface area contributed by atoms with E-state index in [9.17, 15) is 18.8 Å². The van der Waals surface area contributed by atoms with Gasteiger partial charge in [-0.3, -0.25) is 14.4 Å². The van der Waals surface area contributed by atoms with Crippen molar-refractivity contribution in [1.29, 1.82) is 0 Å². The zero-order valence-corrected chi connectivity index (χ0v) is 19.6. The molecule has 3 amide bonds. The quantitative estimate of drug-likeness (QED) is 0.669. The van der Waals surface area contributed by atoms with Crippen molar-refractivity contribution < 1.29 is 23.5 Å². The molecule has 3 fully saturated rings. The number of rotatable bonds is 4. The molecule has 3 aliphatic heterocycles. The number of piperidine rings is 1. The molecule has 2 aromatic carbocycles. The van der Waals surface area contributed by atoms with Crippen LogP contribution in [0.1, 0.15) is 23.2 Å². The molecule has 1 spiro atoms. The van der Waals surface area contributed by atoms with Crippen LogP contribution in [0.3, 0.4) is 0 Å². The van der Waals surface area contributed by atoms with E-state index in [1.54, 1.807) is 20.8 Å². The van der Waals surface area contributed by atoms with Gasteiger partial charge in [0.15, 0.2) is 0 Å². The fraction of sp³-hybridized carbons (Fsp3) is 0.423. The van der Waals surface area contributed by atoms with Gasteiger partial charge in [0.2, 0.25) is 5.91 Å². The minimum atomic E-state index is -0.828. The van der Waals surface area contributed by atoms with Gasteiger partial charge < -0.3 is 24.3 Å². The molecule has 2 aromatic rings. The molecular weight excluding hydrogens is 451 g/mol. The van der Waals surface area contributed by atoms with Crippen molar-refractivity contribution in [2.45, 2.75) is 18.4 Å². The van der Waals surface area contributed by atoms with E-state index in [-0.39, 0.29) is 24.3 Å². The van der Waals surface area contributed by atoms with E-state index in [4.69, 9.17) is 4.74 Å². The molecule has 3 saturated heterocycles. The number of anilines is 1. The maximum atomic E-state index is 13.8. The normalized spacial score (nSPS) is 20.0. The van der Waals surface area contributed by atoms with Crippen molar-refractivity contribution in [1.82, 2.24) is 14.7 Å². The predicted molar refractivity (Wildman–Crippen MR) is 127 cm³/mol. The zero-order valence-electron chi connectivity index (χ0n) is 19.6. The number of ether oxygens (including phenoxy) is 1. The summed E-state index contributed by atoms with van der Waals surface area (Å²) in [6.45, 7) is 3.17. The van der Waals surface area contributed by atoms with Crippen LogP contribution in [0.2, 0.25) is 0 Å². The van der Waals surface area contributed by atoms with Crippen LogP contribution in [0.15, 0.2) is 54.6 Å². The van der Waals surface area contributed by atoms with Crippen LogP contribution in [0.4, 0.5) is 10.1 Å². The zero-order chi connectivity index (χ0) is 24.4. The number of morpholine rings is 1. The van der Waals surface area contributed by atoms with Crippen molar-refractivity contribution in [3.05, 3.63) is 66.0 Å². The lowest BCUT2D eigenvalue weighted by molar-refractivity contribution is -0.143. The summed E-state index contributed by atoms with van der Waals surface area (Å²) in [4.78, 5) is 46.8. The minimum absolute atomic E-state index is 0.0237. The lowest BCUT2D eigenvalue weighted by Gasteiger charge is -2.43. The lowest BCUT2D eigenvalue weighted by atomic mass is 9.85. The van der Waals surface area contributed by atoms with Gasteiger partial charge in [-0.2, -0.15) is 0 Å². The van der Waals surface area contributed by atoms with Gasteiger partial charge in [0, 0.05) is 37.4 Å². The molecule has 0 atom stereocenters. The molecule has 0 bridgehead atoms.